The third-order valence-electron chi connectivity index (χ3n) is 13.1. The van der Waals surface area contributed by atoms with Crippen LogP contribution in [0.1, 0.15) is 0 Å². The van der Waals surface area contributed by atoms with Gasteiger partial charge in [-0.3, -0.25) is 0 Å². The summed E-state index contributed by atoms with van der Waals surface area (Å²) in [4.78, 5) is 20.9. The van der Waals surface area contributed by atoms with Crippen LogP contribution >= 0.6 is 0 Å². The van der Waals surface area contributed by atoms with Crippen molar-refractivity contribution < 1.29 is 0 Å². The molecule has 0 aliphatic carbocycles. The third-order valence-corrected chi connectivity index (χ3v) is 13.1. The highest BCUT2D eigenvalue weighted by Gasteiger charge is 2.17. The second kappa shape index (κ2) is 15.4. The molecule has 0 fully saturated rings. The number of aromatic nitrogens is 4. The minimum absolute atomic E-state index is 0.680. The maximum atomic E-state index is 5.32. The van der Waals surface area contributed by atoms with E-state index in [1.165, 1.54) is 54.2 Å². The van der Waals surface area contributed by atoms with E-state index in [9.17, 15) is 0 Å². The first-order chi connectivity index (χ1) is 32.7. The van der Waals surface area contributed by atoms with Crippen LogP contribution in [0.3, 0.4) is 0 Å². The third kappa shape index (κ3) is 6.38. The second-order valence-electron chi connectivity index (χ2n) is 16.9. The maximum Gasteiger partial charge on any atom is 0.160 e. The lowest BCUT2D eigenvalue weighted by molar-refractivity contribution is 1.22. The van der Waals surface area contributed by atoms with Gasteiger partial charge in [-0.05, 0) is 95.7 Å². The minimum Gasteiger partial charge on any atom is -0.228 e. The summed E-state index contributed by atoms with van der Waals surface area (Å²) < 4.78 is 0. The predicted octanol–water partition coefficient (Wildman–Crippen LogP) is 16.2. The lowest BCUT2D eigenvalue weighted by Crippen LogP contribution is -1.97. The normalized spacial score (nSPS) is 11.6. The molecule has 0 spiro atoms. The van der Waals surface area contributed by atoms with Crippen LogP contribution in [0.2, 0.25) is 0 Å². The van der Waals surface area contributed by atoms with Gasteiger partial charge in [0.25, 0.3) is 0 Å². The Morgan fingerprint density at radius 2 is 0.561 bits per heavy atom. The van der Waals surface area contributed by atoms with E-state index in [-0.39, 0.29) is 0 Å². The van der Waals surface area contributed by atoms with Gasteiger partial charge in [0.1, 0.15) is 0 Å². The fourth-order valence-electron chi connectivity index (χ4n) is 9.85. The fourth-order valence-corrected chi connectivity index (χ4v) is 9.85. The molecule has 0 amide bonds. The minimum atomic E-state index is 0.680. The molecule has 0 bridgehead atoms. The molecule has 2 heterocycles. The van der Waals surface area contributed by atoms with Gasteiger partial charge in [-0.1, -0.05) is 200 Å². The van der Waals surface area contributed by atoms with Crippen LogP contribution in [0.25, 0.3) is 132 Å². The Bertz CT molecular complexity index is 3780. The van der Waals surface area contributed by atoms with E-state index in [1.54, 1.807) is 0 Å². The summed E-state index contributed by atoms with van der Waals surface area (Å²) in [5, 5.41) is 12.0. The number of hydrogen-bond donors (Lipinski definition) is 0. The van der Waals surface area contributed by atoms with Crippen LogP contribution in [-0.2, 0) is 0 Å². The Morgan fingerprint density at radius 3 is 1.00 bits per heavy atom. The van der Waals surface area contributed by atoms with Gasteiger partial charge in [-0.25, -0.2) is 19.9 Å². The number of fused-ring (bicyclic) bond motifs is 8. The van der Waals surface area contributed by atoms with Gasteiger partial charge in [0.05, 0.1) is 22.4 Å². The number of benzene rings is 11. The molecule has 306 valence electrons. The fraction of sp³-hybridized carbons (Fsp3) is 0. The summed E-state index contributed by atoms with van der Waals surface area (Å²) in [7, 11) is 0. The molecule has 0 aliphatic rings. The molecule has 66 heavy (non-hydrogen) atoms. The number of rotatable bonds is 6. The summed E-state index contributed by atoms with van der Waals surface area (Å²) in [5.74, 6) is 1.36. The van der Waals surface area contributed by atoms with E-state index in [1.807, 2.05) is 12.1 Å². The van der Waals surface area contributed by atoms with E-state index in [0.29, 0.717) is 11.6 Å². The number of hydrogen-bond acceptors (Lipinski definition) is 4. The Kier molecular flexibility index (Phi) is 8.81. The largest absolute Gasteiger partial charge is 0.228 e. The molecule has 4 heteroatoms. The van der Waals surface area contributed by atoms with Gasteiger partial charge in [-0.2, -0.15) is 0 Å². The first-order valence-corrected chi connectivity index (χ1v) is 22.4. The zero-order valence-corrected chi connectivity index (χ0v) is 35.7. The summed E-state index contributed by atoms with van der Waals surface area (Å²) in [6.45, 7) is 0. The van der Waals surface area contributed by atoms with E-state index >= 15 is 0 Å². The highest BCUT2D eigenvalue weighted by atomic mass is 14.9. The molecular formula is C62H38N4. The highest BCUT2D eigenvalue weighted by Crippen LogP contribution is 2.39. The van der Waals surface area contributed by atoms with Gasteiger partial charge in [0.2, 0.25) is 0 Å². The molecule has 0 unspecified atom stereocenters. The van der Waals surface area contributed by atoms with Crippen molar-refractivity contribution in [2.45, 2.75) is 0 Å². The smallest absolute Gasteiger partial charge is 0.160 e. The Labute approximate surface area is 381 Å². The van der Waals surface area contributed by atoms with Crippen LogP contribution in [0.4, 0.5) is 0 Å². The average molecular weight is 839 g/mol. The second-order valence-corrected chi connectivity index (χ2v) is 16.9. The first-order valence-electron chi connectivity index (χ1n) is 22.4. The topological polar surface area (TPSA) is 51.6 Å². The van der Waals surface area contributed by atoms with Crippen molar-refractivity contribution in [3.8, 4) is 67.5 Å². The molecule has 0 saturated carbocycles. The SMILES string of the molecule is c1cc(-c2nc(-c3ccc(-c4cc5ccccc5c5ccccc45)cc3)nc3ccccc23)cc(-c2nc(-c3ccc(-c4cc5ccccc5c5ccccc45)cc3)nc3ccccc23)c1. The van der Waals surface area contributed by atoms with Crippen molar-refractivity contribution >= 4 is 64.9 Å². The van der Waals surface area contributed by atoms with E-state index in [2.05, 4.69) is 218 Å². The number of para-hydroxylation sites is 2. The monoisotopic (exact) mass is 838 g/mol. The predicted molar refractivity (Wildman–Crippen MR) is 275 cm³/mol. The molecule has 0 atom stereocenters. The lowest BCUT2D eigenvalue weighted by atomic mass is 9.93. The van der Waals surface area contributed by atoms with Crippen molar-refractivity contribution in [1.29, 1.82) is 0 Å². The van der Waals surface area contributed by atoms with Crippen molar-refractivity contribution in [1.82, 2.24) is 19.9 Å². The Balaban J connectivity index is 0.882. The molecule has 2 aromatic heterocycles. The first kappa shape index (κ1) is 37.7. The molecule has 13 rings (SSSR count). The molecule has 0 saturated heterocycles. The molecule has 4 nitrogen and oxygen atoms in total. The molecule has 11 aromatic carbocycles. The van der Waals surface area contributed by atoms with Gasteiger partial charge in [0.15, 0.2) is 11.6 Å². The summed E-state index contributed by atoms with van der Waals surface area (Å²) in [6.07, 6.45) is 0. The lowest BCUT2D eigenvalue weighted by Gasteiger charge is -2.14. The maximum absolute atomic E-state index is 5.32. The van der Waals surface area contributed by atoms with Gasteiger partial charge < -0.3 is 0 Å². The molecule has 0 aliphatic heterocycles. The van der Waals surface area contributed by atoms with E-state index in [4.69, 9.17) is 19.9 Å². The van der Waals surface area contributed by atoms with Crippen LogP contribution < -0.4 is 0 Å². The molecule has 0 N–H and O–H groups in total. The quantitative estimate of drug-likeness (QED) is 0.157. The van der Waals surface area contributed by atoms with Crippen molar-refractivity contribution in [3.63, 3.8) is 0 Å². The van der Waals surface area contributed by atoms with E-state index < -0.39 is 0 Å². The number of nitrogens with zero attached hydrogens (tertiary/aromatic N) is 4. The van der Waals surface area contributed by atoms with E-state index in [0.717, 1.165) is 66.6 Å². The van der Waals surface area contributed by atoms with Gasteiger partial charge >= 0.3 is 0 Å². The molecule has 0 radical (unpaired) electrons. The average Bonchev–Trinajstić information content (AvgIpc) is 3.40. The van der Waals surface area contributed by atoms with Crippen molar-refractivity contribution in [3.05, 3.63) is 231 Å². The molecule has 13 aromatic rings. The highest BCUT2D eigenvalue weighted by molar-refractivity contribution is 6.15. The van der Waals surface area contributed by atoms with Gasteiger partial charge in [-0.15, -0.1) is 0 Å². The van der Waals surface area contributed by atoms with Crippen molar-refractivity contribution in [2.75, 3.05) is 0 Å². The van der Waals surface area contributed by atoms with Crippen LogP contribution in [-0.4, -0.2) is 19.9 Å². The molecular weight excluding hydrogens is 801 g/mol. The van der Waals surface area contributed by atoms with Gasteiger partial charge in [0, 0.05) is 33.0 Å². The zero-order chi connectivity index (χ0) is 43.6. The summed E-state index contributed by atoms with van der Waals surface area (Å²) in [5.41, 5.74) is 12.1. The zero-order valence-electron chi connectivity index (χ0n) is 35.7. The Morgan fingerprint density at radius 1 is 0.212 bits per heavy atom. The van der Waals surface area contributed by atoms with Crippen LogP contribution in [0.15, 0.2) is 231 Å². The Hall–Kier alpha value is -8.86. The van der Waals surface area contributed by atoms with Crippen LogP contribution in [0.5, 0.6) is 0 Å². The standard InChI is InChI=1S/C62H38N4/c1-3-18-47-43(14-1)37-55(51-22-7-5-20-49(47)51)39-28-32-41(33-29-39)61-63-57-26-11-9-24-53(57)59(65-61)45-16-13-17-46(36-45)60-54-25-10-12-27-58(54)64-62(66-60)42-34-30-40(31-35-42)56-38-44-15-2-4-19-48(44)50-21-6-8-23-52(50)56/h1-38H. The summed E-state index contributed by atoms with van der Waals surface area (Å²) >= 11 is 0. The summed E-state index contributed by atoms with van der Waals surface area (Å²) in [6, 6.07) is 81.7. The van der Waals surface area contributed by atoms with Crippen LogP contribution in [0, 0.1) is 0 Å². The van der Waals surface area contributed by atoms with Crippen molar-refractivity contribution in [2.24, 2.45) is 0 Å².